The number of fused-ring (bicyclic) bond motifs is 1. The molecule has 1 N–H and O–H groups in total. The highest BCUT2D eigenvalue weighted by atomic mass is 19.4. The van der Waals surface area contributed by atoms with Gasteiger partial charge in [0.25, 0.3) is 0 Å². The summed E-state index contributed by atoms with van der Waals surface area (Å²) in [5.74, 6) is -0.868. The minimum absolute atomic E-state index is 0.0512. The van der Waals surface area contributed by atoms with Crippen LogP contribution in [0.25, 0.3) is 28.2 Å². The van der Waals surface area contributed by atoms with E-state index in [1.165, 1.54) is 53.2 Å². The van der Waals surface area contributed by atoms with E-state index in [4.69, 9.17) is 0 Å². The van der Waals surface area contributed by atoms with Crippen LogP contribution in [0, 0.1) is 11.7 Å². The summed E-state index contributed by atoms with van der Waals surface area (Å²) < 4.78 is 55.5. The first-order chi connectivity index (χ1) is 15.3. The lowest BCUT2D eigenvalue weighted by atomic mass is 10.1. The van der Waals surface area contributed by atoms with E-state index in [2.05, 4.69) is 20.4 Å². The fourth-order valence-corrected chi connectivity index (χ4v) is 3.36. The molecule has 3 aromatic heterocycles. The second kappa shape index (κ2) is 7.40. The van der Waals surface area contributed by atoms with Crippen LogP contribution in [-0.2, 0) is 11.0 Å². The minimum Gasteiger partial charge on any atom is -0.323 e. The van der Waals surface area contributed by atoms with Gasteiger partial charge >= 0.3 is 6.18 Å². The number of nitrogens with one attached hydrogen (secondary N) is 1. The lowest BCUT2D eigenvalue weighted by Crippen LogP contribution is -2.14. The molecule has 6 nitrogen and oxygen atoms in total. The molecule has 1 aliphatic rings. The molecule has 32 heavy (non-hydrogen) atoms. The molecule has 0 radical (unpaired) electrons. The topological polar surface area (TPSA) is 72.2 Å². The Labute approximate surface area is 178 Å². The zero-order valence-corrected chi connectivity index (χ0v) is 16.4. The number of rotatable bonds is 4. The molecule has 1 amide bonds. The molecule has 1 aliphatic carbocycles. The van der Waals surface area contributed by atoms with Crippen molar-refractivity contribution in [2.24, 2.45) is 5.92 Å². The molecular weight excluding hydrogens is 426 g/mol. The average Bonchev–Trinajstić information content (AvgIpc) is 3.53. The van der Waals surface area contributed by atoms with Crippen LogP contribution < -0.4 is 5.32 Å². The second-order valence-corrected chi connectivity index (χ2v) is 7.50. The van der Waals surface area contributed by atoms with E-state index in [1.54, 1.807) is 0 Å². The summed E-state index contributed by atoms with van der Waals surface area (Å²) in [5.41, 5.74) is 0.314. The highest BCUT2D eigenvalue weighted by Crippen LogP contribution is 2.35. The smallest absolute Gasteiger partial charge is 0.323 e. The monoisotopic (exact) mass is 441 g/mol. The molecule has 10 heteroatoms. The SMILES string of the molecule is O=C(Nc1cc(-c2cn3nc(-c4cccnc4C(F)(F)F)ccc3n2)ccc1F)C1CC1. The number of anilines is 1. The van der Waals surface area contributed by atoms with Gasteiger partial charge in [-0.25, -0.2) is 13.9 Å². The van der Waals surface area contributed by atoms with Crippen LogP contribution in [0.2, 0.25) is 0 Å². The van der Waals surface area contributed by atoms with Crippen molar-refractivity contribution in [3.05, 3.63) is 66.4 Å². The first-order valence-electron chi connectivity index (χ1n) is 9.79. The molecule has 3 heterocycles. The van der Waals surface area contributed by atoms with Crippen LogP contribution in [-0.4, -0.2) is 25.5 Å². The number of alkyl halides is 3. The van der Waals surface area contributed by atoms with Crippen molar-refractivity contribution in [2.45, 2.75) is 19.0 Å². The van der Waals surface area contributed by atoms with Gasteiger partial charge in [0, 0.05) is 23.2 Å². The number of amides is 1. The zero-order chi connectivity index (χ0) is 22.5. The Morgan fingerprint density at radius 2 is 1.91 bits per heavy atom. The van der Waals surface area contributed by atoms with Gasteiger partial charge in [0.05, 0.1) is 23.3 Å². The van der Waals surface area contributed by atoms with E-state index >= 15 is 0 Å². The molecular formula is C22H15F4N5O. The van der Waals surface area contributed by atoms with Crippen molar-refractivity contribution in [3.8, 4) is 22.5 Å². The van der Waals surface area contributed by atoms with E-state index < -0.39 is 17.7 Å². The van der Waals surface area contributed by atoms with Gasteiger partial charge in [0.2, 0.25) is 5.91 Å². The Morgan fingerprint density at radius 3 is 2.66 bits per heavy atom. The van der Waals surface area contributed by atoms with Crippen molar-refractivity contribution < 1.29 is 22.4 Å². The summed E-state index contributed by atoms with van der Waals surface area (Å²) >= 11 is 0. The number of benzene rings is 1. The zero-order valence-electron chi connectivity index (χ0n) is 16.4. The Kier molecular flexibility index (Phi) is 4.65. The fourth-order valence-electron chi connectivity index (χ4n) is 3.36. The lowest BCUT2D eigenvalue weighted by Gasteiger charge is -2.10. The highest BCUT2D eigenvalue weighted by Gasteiger charge is 2.36. The largest absolute Gasteiger partial charge is 0.434 e. The molecule has 0 saturated heterocycles. The summed E-state index contributed by atoms with van der Waals surface area (Å²) in [7, 11) is 0. The van der Waals surface area contributed by atoms with Gasteiger partial charge in [0.1, 0.15) is 5.82 Å². The number of carbonyl (C=O) groups excluding carboxylic acids is 1. The molecule has 0 bridgehead atoms. The van der Waals surface area contributed by atoms with Crippen molar-refractivity contribution in [1.29, 1.82) is 0 Å². The third kappa shape index (κ3) is 3.79. The predicted molar refractivity (Wildman–Crippen MR) is 108 cm³/mol. The fraction of sp³-hybridized carbons (Fsp3) is 0.182. The van der Waals surface area contributed by atoms with Crippen molar-refractivity contribution in [3.63, 3.8) is 0 Å². The van der Waals surface area contributed by atoms with E-state index in [0.717, 1.165) is 19.0 Å². The summed E-state index contributed by atoms with van der Waals surface area (Å²) in [6.07, 6.45) is -0.430. The average molecular weight is 441 g/mol. The molecule has 0 aliphatic heterocycles. The summed E-state index contributed by atoms with van der Waals surface area (Å²) in [4.78, 5) is 19.9. The summed E-state index contributed by atoms with van der Waals surface area (Å²) in [6, 6.07) is 9.89. The maximum Gasteiger partial charge on any atom is 0.434 e. The van der Waals surface area contributed by atoms with Gasteiger partial charge in [-0.3, -0.25) is 9.78 Å². The molecule has 1 saturated carbocycles. The van der Waals surface area contributed by atoms with Crippen LogP contribution in [0.3, 0.4) is 0 Å². The van der Waals surface area contributed by atoms with E-state index in [-0.39, 0.29) is 28.8 Å². The highest BCUT2D eigenvalue weighted by molar-refractivity contribution is 5.94. The normalized spacial score (nSPS) is 14.0. The third-order valence-electron chi connectivity index (χ3n) is 5.14. The molecule has 1 fully saturated rings. The Bertz CT molecular complexity index is 1340. The third-order valence-corrected chi connectivity index (χ3v) is 5.14. The summed E-state index contributed by atoms with van der Waals surface area (Å²) in [6.45, 7) is 0. The van der Waals surface area contributed by atoms with Crippen molar-refractivity contribution >= 4 is 17.2 Å². The number of carbonyl (C=O) groups is 1. The quantitative estimate of drug-likeness (QED) is 0.454. The van der Waals surface area contributed by atoms with E-state index in [1.807, 2.05) is 0 Å². The maximum atomic E-state index is 14.2. The van der Waals surface area contributed by atoms with Crippen molar-refractivity contribution in [1.82, 2.24) is 19.6 Å². The molecule has 1 aromatic carbocycles. The number of hydrogen-bond acceptors (Lipinski definition) is 4. The van der Waals surface area contributed by atoms with Gasteiger partial charge in [-0.2, -0.15) is 18.3 Å². The second-order valence-electron chi connectivity index (χ2n) is 7.50. The van der Waals surface area contributed by atoms with Gasteiger partial charge in [-0.15, -0.1) is 0 Å². The van der Waals surface area contributed by atoms with Gasteiger partial charge in [-0.05, 0) is 55.3 Å². The van der Waals surface area contributed by atoms with Gasteiger partial charge in [0.15, 0.2) is 11.3 Å². The van der Waals surface area contributed by atoms with Crippen LogP contribution >= 0.6 is 0 Å². The number of nitrogens with zero attached hydrogens (tertiary/aromatic N) is 4. The molecule has 0 spiro atoms. The Hall–Kier alpha value is -3.82. The number of aromatic nitrogens is 4. The predicted octanol–water partition coefficient (Wildman–Crippen LogP) is 4.96. The van der Waals surface area contributed by atoms with Crippen molar-refractivity contribution in [2.75, 3.05) is 5.32 Å². The Balaban J connectivity index is 1.51. The van der Waals surface area contributed by atoms with E-state index in [9.17, 15) is 22.4 Å². The van der Waals surface area contributed by atoms with Gasteiger partial charge in [-0.1, -0.05) is 0 Å². The number of imidazole rings is 1. The molecule has 0 atom stereocenters. The van der Waals surface area contributed by atoms with Crippen LogP contribution in [0.15, 0.2) is 54.9 Å². The number of pyridine rings is 1. The van der Waals surface area contributed by atoms with Crippen LogP contribution in [0.5, 0.6) is 0 Å². The molecule has 162 valence electrons. The Morgan fingerprint density at radius 1 is 1.09 bits per heavy atom. The summed E-state index contributed by atoms with van der Waals surface area (Å²) in [5, 5.41) is 6.85. The maximum absolute atomic E-state index is 14.2. The van der Waals surface area contributed by atoms with E-state index in [0.29, 0.717) is 16.9 Å². The first kappa shape index (κ1) is 20.1. The standard InChI is InChI=1S/C22H15F4N5O/c23-15-6-5-13(10-17(15)29-21(32)12-3-4-12)18-11-31-19(28-18)8-7-16(30-31)14-2-1-9-27-20(14)22(24,25)26/h1-2,5-12H,3-4H2,(H,29,32). The molecule has 0 unspecified atom stereocenters. The van der Waals surface area contributed by atoms with Gasteiger partial charge < -0.3 is 5.32 Å². The lowest BCUT2D eigenvalue weighted by molar-refractivity contribution is -0.140. The van der Waals surface area contributed by atoms with Crippen LogP contribution in [0.4, 0.5) is 23.2 Å². The first-order valence-corrected chi connectivity index (χ1v) is 9.79. The molecule has 5 rings (SSSR count). The van der Waals surface area contributed by atoms with Crippen LogP contribution in [0.1, 0.15) is 18.5 Å². The number of hydrogen-bond donors (Lipinski definition) is 1. The molecule has 4 aromatic rings. The number of halogens is 4. The minimum atomic E-state index is -4.62.